The second-order valence-electron chi connectivity index (χ2n) is 6.03. The van der Waals surface area contributed by atoms with Gasteiger partial charge in [-0.1, -0.05) is 13.8 Å². The first-order valence-corrected chi connectivity index (χ1v) is 9.70. The Morgan fingerprint density at radius 2 is 1.88 bits per heavy atom. The van der Waals surface area contributed by atoms with Gasteiger partial charge < -0.3 is 9.64 Å². The van der Waals surface area contributed by atoms with E-state index in [1.54, 1.807) is 24.0 Å². The van der Waals surface area contributed by atoms with Gasteiger partial charge in [-0.2, -0.15) is 0 Å². The number of carbonyl (C=O) groups excluding carboxylic acids is 1. The number of rotatable bonds is 9. The Labute approximate surface area is 145 Å². The third-order valence-corrected chi connectivity index (χ3v) is 5.03. The molecule has 1 aromatic carbocycles. The summed E-state index contributed by atoms with van der Waals surface area (Å²) >= 11 is 0. The Kier molecular flexibility index (Phi) is 7.69. The normalized spacial score (nSPS) is 11.6. The molecule has 0 saturated carbocycles. The fourth-order valence-electron chi connectivity index (χ4n) is 2.12. The molecule has 7 heteroatoms. The van der Waals surface area contributed by atoms with Gasteiger partial charge in [0.15, 0.2) is 6.61 Å². The van der Waals surface area contributed by atoms with E-state index in [1.807, 2.05) is 27.7 Å². The first-order chi connectivity index (χ1) is 11.2. The third kappa shape index (κ3) is 5.79. The molecule has 0 spiro atoms. The maximum absolute atomic E-state index is 12.2. The lowest BCUT2D eigenvalue weighted by Gasteiger charge is -2.19. The summed E-state index contributed by atoms with van der Waals surface area (Å²) < 4.78 is 32.6. The van der Waals surface area contributed by atoms with Gasteiger partial charge in [0.1, 0.15) is 5.75 Å². The Morgan fingerprint density at radius 3 is 2.38 bits per heavy atom. The van der Waals surface area contributed by atoms with Crippen LogP contribution in [-0.4, -0.2) is 45.5 Å². The highest BCUT2D eigenvalue weighted by Gasteiger charge is 2.16. The van der Waals surface area contributed by atoms with Gasteiger partial charge >= 0.3 is 0 Å². The molecule has 24 heavy (non-hydrogen) atoms. The van der Waals surface area contributed by atoms with Crippen LogP contribution in [0.4, 0.5) is 0 Å². The van der Waals surface area contributed by atoms with Crippen LogP contribution in [0.5, 0.6) is 5.75 Å². The third-order valence-electron chi connectivity index (χ3n) is 3.61. The van der Waals surface area contributed by atoms with Crippen molar-refractivity contribution in [2.24, 2.45) is 5.92 Å². The van der Waals surface area contributed by atoms with Crippen molar-refractivity contribution in [3.05, 3.63) is 23.8 Å². The van der Waals surface area contributed by atoms with Crippen LogP contribution in [0.25, 0.3) is 0 Å². The predicted octanol–water partition coefficient (Wildman–Crippen LogP) is 2.18. The predicted molar refractivity (Wildman–Crippen MR) is 94.6 cm³/mol. The van der Waals surface area contributed by atoms with Crippen LogP contribution in [0, 0.1) is 12.8 Å². The number of benzene rings is 1. The first-order valence-electron chi connectivity index (χ1n) is 8.22. The van der Waals surface area contributed by atoms with E-state index in [0.29, 0.717) is 30.9 Å². The number of nitrogens with zero attached hydrogens (tertiary/aromatic N) is 1. The van der Waals surface area contributed by atoms with E-state index >= 15 is 0 Å². The monoisotopic (exact) mass is 356 g/mol. The molecule has 6 nitrogen and oxygen atoms in total. The number of carbonyl (C=O) groups is 1. The van der Waals surface area contributed by atoms with Gasteiger partial charge in [-0.15, -0.1) is 0 Å². The number of amides is 1. The van der Waals surface area contributed by atoms with Crippen LogP contribution < -0.4 is 9.46 Å². The van der Waals surface area contributed by atoms with Crippen LogP contribution in [-0.2, 0) is 14.8 Å². The molecule has 1 rings (SSSR count). The van der Waals surface area contributed by atoms with Crippen molar-refractivity contribution in [3.63, 3.8) is 0 Å². The SMILES string of the molecule is CCN(CC)C(=O)COc1ccc(S(=O)(=O)NCC(C)C)cc1C. The number of ether oxygens (including phenoxy) is 1. The fourth-order valence-corrected chi connectivity index (χ4v) is 3.42. The summed E-state index contributed by atoms with van der Waals surface area (Å²) in [6.07, 6.45) is 0. The van der Waals surface area contributed by atoms with E-state index in [-0.39, 0.29) is 23.3 Å². The first kappa shape index (κ1) is 20.4. The van der Waals surface area contributed by atoms with Crippen LogP contribution >= 0.6 is 0 Å². The Morgan fingerprint density at radius 1 is 1.25 bits per heavy atom. The average molecular weight is 356 g/mol. The fraction of sp³-hybridized carbons (Fsp3) is 0.588. The quantitative estimate of drug-likeness (QED) is 0.736. The molecule has 0 aliphatic heterocycles. The molecule has 0 unspecified atom stereocenters. The van der Waals surface area contributed by atoms with Gasteiger partial charge in [0.2, 0.25) is 10.0 Å². The van der Waals surface area contributed by atoms with Crippen LogP contribution in [0.2, 0.25) is 0 Å². The highest BCUT2D eigenvalue weighted by molar-refractivity contribution is 7.89. The van der Waals surface area contributed by atoms with E-state index in [4.69, 9.17) is 4.74 Å². The lowest BCUT2D eigenvalue weighted by atomic mass is 10.2. The molecule has 136 valence electrons. The minimum atomic E-state index is -3.53. The van der Waals surface area contributed by atoms with Gasteiger partial charge in [-0.05, 0) is 50.5 Å². The van der Waals surface area contributed by atoms with Gasteiger partial charge in [0.05, 0.1) is 4.90 Å². The van der Waals surface area contributed by atoms with Gasteiger partial charge in [-0.3, -0.25) is 4.79 Å². The zero-order chi connectivity index (χ0) is 18.3. The molecular weight excluding hydrogens is 328 g/mol. The smallest absolute Gasteiger partial charge is 0.260 e. The molecule has 1 N–H and O–H groups in total. The lowest BCUT2D eigenvalue weighted by molar-refractivity contribution is -0.132. The molecule has 0 aliphatic carbocycles. The van der Waals surface area contributed by atoms with Crippen molar-refractivity contribution < 1.29 is 17.9 Å². The molecule has 0 fully saturated rings. The summed E-state index contributed by atoms with van der Waals surface area (Å²) in [4.78, 5) is 13.8. The minimum absolute atomic E-state index is 0.0553. The van der Waals surface area contributed by atoms with Crippen LogP contribution in [0.1, 0.15) is 33.3 Å². The van der Waals surface area contributed by atoms with Crippen LogP contribution in [0.3, 0.4) is 0 Å². The molecule has 1 amide bonds. The summed E-state index contributed by atoms with van der Waals surface area (Å²) in [6.45, 7) is 11.1. The summed E-state index contributed by atoms with van der Waals surface area (Å²) in [5.74, 6) is 0.655. The van der Waals surface area contributed by atoms with Crippen molar-refractivity contribution in [1.29, 1.82) is 0 Å². The number of hydrogen-bond acceptors (Lipinski definition) is 4. The van der Waals surface area contributed by atoms with Crippen molar-refractivity contribution in [2.45, 2.75) is 39.5 Å². The number of aryl methyl sites for hydroxylation is 1. The summed E-state index contributed by atoms with van der Waals surface area (Å²) in [7, 11) is -3.53. The van der Waals surface area contributed by atoms with E-state index in [2.05, 4.69) is 4.72 Å². The average Bonchev–Trinajstić information content (AvgIpc) is 2.53. The highest BCUT2D eigenvalue weighted by Crippen LogP contribution is 2.22. The molecule has 0 saturated heterocycles. The molecule has 1 aromatic rings. The molecule has 0 aliphatic rings. The Balaban J connectivity index is 2.79. The van der Waals surface area contributed by atoms with Gasteiger partial charge in [0, 0.05) is 19.6 Å². The van der Waals surface area contributed by atoms with E-state index in [9.17, 15) is 13.2 Å². The largest absolute Gasteiger partial charge is 0.483 e. The molecular formula is C17H28N2O4S. The lowest BCUT2D eigenvalue weighted by Crippen LogP contribution is -2.34. The number of likely N-dealkylation sites (N-methyl/N-ethyl adjacent to an activating group) is 1. The van der Waals surface area contributed by atoms with Crippen molar-refractivity contribution in [1.82, 2.24) is 9.62 Å². The molecule has 0 bridgehead atoms. The highest BCUT2D eigenvalue weighted by atomic mass is 32.2. The molecule has 0 radical (unpaired) electrons. The Bertz CT molecular complexity index is 653. The topological polar surface area (TPSA) is 75.7 Å². The van der Waals surface area contributed by atoms with Crippen molar-refractivity contribution >= 4 is 15.9 Å². The van der Waals surface area contributed by atoms with Crippen molar-refractivity contribution in [3.8, 4) is 5.75 Å². The maximum Gasteiger partial charge on any atom is 0.260 e. The maximum atomic E-state index is 12.2. The number of nitrogens with one attached hydrogen (secondary N) is 1. The minimum Gasteiger partial charge on any atom is -0.483 e. The molecule has 0 aromatic heterocycles. The van der Waals surface area contributed by atoms with E-state index in [1.165, 1.54) is 6.07 Å². The summed E-state index contributed by atoms with van der Waals surface area (Å²) in [6, 6.07) is 4.64. The zero-order valence-electron chi connectivity index (χ0n) is 15.1. The second-order valence-corrected chi connectivity index (χ2v) is 7.79. The van der Waals surface area contributed by atoms with Gasteiger partial charge in [-0.25, -0.2) is 13.1 Å². The summed E-state index contributed by atoms with van der Waals surface area (Å²) in [5.41, 5.74) is 0.676. The van der Waals surface area contributed by atoms with Crippen LogP contribution in [0.15, 0.2) is 23.1 Å². The number of hydrogen-bond donors (Lipinski definition) is 1. The van der Waals surface area contributed by atoms with Gasteiger partial charge in [0.25, 0.3) is 5.91 Å². The zero-order valence-corrected chi connectivity index (χ0v) is 15.9. The van der Waals surface area contributed by atoms with E-state index < -0.39 is 10.0 Å². The summed E-state index contributed by atoms with van der Waals surface area (Å²) in [5, 5.41) is 0. The van der Waals surface area contributed by atoms with Crippen molar-refractivity contribution in [2.75, 3.05) is 26.2 Å². The molecule has 0 atom stereocenters. The Hall–Kier alpha value is -1.60. The molecule has 0 heterocycles. The standard InChI is InChI=1S/C17H28N2O4S/c1-6-19(7-2)17(20)12-23-16-9-8-15(10-14(16)5)24(21,22)18-11-13(3)4/h8-10,13,18H,6-7,11-12H2,1-5H3. The van der Waals surface area contributed by atoms with E-state index in [0.717, 1.165) is 0 Å². The number of sulfonamides is 1. The second kappa shape index (κ2) is 9.03.